The molecule has 4 rings (SSSR count). The minimum atomic E-state index is -0.133. The summed E-state index contributed by atoms with van der Waals surface area (Å²) in [5.41, 5.74) is 8.75. The molecular formula is C22H26N4O2. The van der Waals surface area contributed by atoms with E-state index in [9.17, 15) is 9.59 Å². The van der Waals surface area contributed by atoms with E-state index in [0.717, 1.165) is 11.0 Å². The molecule has 0 unspecified atom stereocenters. The van der Waals surface area contributed by atoms with Gasteiger partial charge in [0.25, 0.3) is 0 Å². The molecule has 0 aliphatic carbocycles. The second kappa shape index (κ2) is 7.64. The molecule has 1 amide bonds. The first-order valence-electron chi connectivity index (χ1n) is 9.84. The molecule has 2 heterocycles. The van der Waals surface area contributed by atoms with Crippen LogP contribution in [0, 0.1) is 5.92 Å². The fourth-order valence-electron chi connectivity index (χ4n) is 4.36. The monoisotopic (exact) mass is 378 g/mol. The highest BCUT2D eigenvalue weighted by atomic mass is 16.2. The molecule has 0 spiro atoms. The molecule has 0 bridgehead atoms. The topological polar surface area (TPSA) is 73.3 Å². The van der Waals surface area contributed by atoms with Gasteiger partial charge >= 0.3 is 5.69 Å². The Balaban J connectivity index is 1.59. The van der Waals surface area contributed by atoms with Gasteiger partial charge in [-0.1, -0.05) is 42.5 Å². The molecule has 1 fully saturated rings. The van der Waals surface area contributed by atoms with Gasteiger partial charge in [0.1, 0.15) is 6.54 Å². The van der Waals surface area contributed by atoms with E-state index in [1.165, 1.54) is 5.56 Å². The highest BCUT2D eigenvalue weighted by molar-refractivity contribution is 5.81. The number of hydrogen-bond donors (Lipinski definition) is 1. The van der Waals surface area contributed by atoms with Gasteiger partial charge in [-0.25, -0.2) is 4.79 Å². The Labute approximate surface area is 164 Å². The Hall–Kier alpha value is -2.86. The summed E-state index contributed by atoms with van der Waals surface area (Å²) in [5, 5.41) is 0. The van der Waals surface area contributed by atoms with Crippen LogP contribution in [0.1, 0.15) is 18.4 Å². The summed E-state index contributed by atoms with van der Waals surface area (Å²) in [6.45, 7) is 4.40. The van der Waals surface area contributed by atoms with Crippen molar-refractivity contribution in [3.8, 4) is 0 Å². The number of benzene rings is 2. The number of carbonyl (C=O) groups excluding carboxylic acids is 1. The van der Waals surface area contributed by atoms with Gasteiger partial charge in [0.15, 0.2) is 0 Å². The van der Waals surface area contributed by atoms with E-state index in [2.05, 4.69) is 12.1 Å². The van der Waals surface area contributed by atoms with Crippen molar-refractivity contribution in [3.63, 3.8) is 0 Å². The number of aryl methyl sites for hydroxylation is 1. The smallest absolute Gasteiger partial charge is 0.329 e. The zero-order valence-electron chi connectivity index (χ0n) is 16.1. The molecule has 1 saturated heterocycles. The van der Waals surface area contributed by atoms with Crippen molar-refractivity contribution in [1.82, 2.24) is 14.0 Å². The van der Waals surface area contributed by atoms with Crippen molar-refractivity contribution in [3.05, 3.63) is 70.6 Å². The Kier molecular flexibility index (Phi) is 5.05. The van der Waals surface area contributed by atoms with E-state index in [-0.39, 0.29) is 30.0 Å². The van der Waals surface area contributed by atoms with Crippen LogP contribution in [0.5, 0.6) is 0 Å². The van der Waals surface area contributed by atoms with E-state index >= 15 is 0 Å². The second-order valence-corrected chi connectivity index (χ2v) is 7.41. The Morgan fingerprint density at radius 1 is 1.00 bits per heavy atom. The minimum absolute atomic E-state index is 0.0296. The van der Waals surface area contributed by atoms with Gasteiger partial charge in [-0.3, -0.25) is 13.9 Å². The number of likely N-dealkylation sites (tertiary alicyclic amines) is 1. The number of carbonyl (C=O) groups is 1. The molecule has 1 aliphatic heterocycles. The lowest BCUT2D eigenvalue weighted by atomic mass is 9.89. The van der Waals surface area contributed by atoms with Crippen LogP contribution in [0.3, 0.4) is 0 Å². The highest BCUT2D eigenvalue weighted by Crippen LogP contribution is 2.32. The van der Waals surface area contributed by atoms with Gasteiger partial charge < -0.3 is 10.6 Å². The number of nitrogens with two attached hydrogens (primary N) is 1. The molecular weight excluding hydrogens is 352 g/mol. The molecule has 6 heteroatoms. The molecule has 6 nitrogen and oxygen atoms in total. The summed E-state index contributed by atoms with van der Waals surface area (Å²) in [7, 11) is 0. The van der Waals surface area contributed by atoms with Gasteiger partial charge in [-0.2, -0.15) is 0 Å². The van der Waals surface area contributed by atoms with Crippen molar-refractivity contribution in [1.29, 1.82) is 0 Å². The number of fused-ring (bicyclic) bond motifs is 1. The van der Waals surface area contributed by atoms with Gasteiger partial charge in [-0.15, -0.1) is 0 Å². The average molecular weight is 378 g/mol. The Morgan fingerprint density at radius 2 is 1.64 bits per heavy atom. The van der Waals surface area contributed by atoms with Crippen molar-refractivity contribution >= 4 is 16.9 Å². The van der Waals surface area contributed by atoms with Crippen LogP contribution >= 0.6 is 0 Å². The number of aromatic nitrogens is 2. The maximum absolute atomic E-state index is 13.1. The lowest BCUT2D eigenvalue weighted by Gasteiger charge is -2.17. The molecule has 146 valence electrons. The normalized spacial score (nSPS) is 19.4. The standard InChI is InChI=1S/C22H26N4O2/c1-2-25-19-10-6-7-11-20(19)26(22(25)28)15-21(27)24-13-17(12-23)18(14-24)16-8-4-3-5-9-16/h3-11,17-18H,2,12-15,23H2,1H3/t17-,18+/m1/s1. The van der Waals surface area contributed by atoms with Gasteiger partial charge in [-0.05, 0) is 37.1 Å². The molecule has 2 N–H and O–H groups in total. The first kappa shape index (κ1) is 18.5. The number of amides is 1. The van der Waals surface area contributed by atoms with Crippen LogP contribution in [-0.2, 0) is 17.9 Å². The predicted octanol–water partition coefficient (Wildman–Crippen LogP) is 2.02. The summed E-state index contributed by atoms with van der Waals surface area (Å²) < 4.78 is 3.30. The zero-order valence-corrected chi connectivity index (χ0v) is 16.1. The predicted molar refractivity (Wildman–Crippen MR) is 110 cm³/mol. The van der Waals surface area contributed by atoms with Crippen LogP contribution < -0.4 is 11.4 Å². The third-order valence-electron chi connectivity index (χ3n) is 5.86. The first-order chi connectivity index (χ1) is 13.6. The van der Waals surface area contributed by atoms with E-state index in [0.29, 0.717) is 26.2 Å². The summed E-state index contributed by atoms with van der Waals surface area (Å²) >= 11 is 0. The lowest BCUT2D eigenvalue weighted by Crippen LogP contribution is -2.36. The number of imidazole rings is 1. The van der Waals surface area contributed by atoms with Crippen molar-refractivity contribution in [2.75, 3.05) is 19.6 Å². The molecule has 28 heavy (non-hydrogen) atoms. The summed E-state index contributed by atoms with van der Waals surface area (Å²) in [6, 6.07) is 17.9. The molecule has 1 aromatic heterocycles. The highest BCUT2D eigenvalue weighted by Gasteiger charge is 2.35. The number of hydrogen-bond acceptors (Lipinski definition) is 3. The number of para-hydroxylation sites is 2. The second-order valence-electron chi connectivity index (χ2n) is 7.41. The number of nitrogens with zero attached hydrogens (tertiary/aromatic N) is 3. The van der Waals surface area contributed by atoms with Crippen LogP contribution in [0.2, 0.25) is 0 Å². The Bertz CT molecular complexity index is 1040. The molecule has 2 atom stereocenters. The minimum Gasteiger partial charge on any atom is -0.340 e. The van der Waals surface area contributed by atoms with E-state index in [1.54, 1.807) is 9.13 Å². The fraction of sp³-hybridized carbons (Fsp3) is 0.364. The Morgan fingerprint density at radius 3 is 2.29 bits per heavy atom. The quantitative estimate of drug-likeness (QED) is 0.738. The molecule has 0 radical (unpaired) electrons. The third kappa shape index (κ3) is 3.14. The summed E-state index contributed by atoms with van der Waals surface area (Å²) in [5.74, 6) is 0.446. The van der Waals surface area contributed by atoms with Crippen LogP contribution in [0.15, 0.2) is 59.4 Å². The van der Waals surface area contributed by atoms with Crippen LogP contribution in [0.25, 0.3) is 11.0 Å². The van der Waals surface area contributed by atoms with Crippen molar-refractivity contribution in [2.24, 2.45) is 11.7 Å². The lowest BCUT2D eigenvalue weighted by molar-refractivity contribution is -0.130. The molecule has 0 saturated carbocycles. The van der Waals surface area contributed by atoms with Crippen molar-refractivity contribution < 1.29 is 4.79 Å². The maximum atomic E-state index is 13.1. The SMILES string of the molecule is CCn1c(=O)n(CC(=O)N2C[C@@H](CN)[C@H](c3ccccc3)C2)c2ccccc21. The van der Waals surface area contributed by atoms with Gasteiger partial charge in [0.05, 0.1) is 11.0 Å². The van der Waals surface area contributed by atoms with Gasteiger partial charge in [0, 0.05) is 25.6 Å². The van der Waals surface area contributed by atoms with E-state index in [4.69, 9.17) is 5.73 Å². The fourth-order valence-corrected chi connectivity index (χ4v) is 4.36. The number of rotatable bonds is 5. The van der Waals surface area contributed by atoms with Crippen molar-refractivity contribution in [2.45, 2.75) is 25.9 Å². The summed E-state index contributed by atoms with van der Waals surface area (Å²) in [4.78, 5) is 27.7. The molecule has 3 aromatic rings. The summed E-state index contributed by atoms with van der Waals surface area (Å²) in [6.07, 6.45) is 0. The maximum Gasteiger partial charge on any atom is 0.329 e. The van der Waals surface area contributed by atoms with Crippen LogP contribution in [-0.4, -0.2) is 39.6 Å². The zero-order chi connectivity index (χ0) is 19.7. The molecule has 1 aliphatic rings. The van der Waals surface area contributed by atoms with Gasteiger partial charge in [0.2, 0.25) is 5.91 Å². The third-order valence-corrected chi connectivity index (χ3v) is 5.86. The van der Waals surface area contributed by atoms with E-state index in [1.807, 2.05) is 54.3 Å². The largest absolute Gasteiger partial charge is 0.340 e. The van der Waals surface area contributed by atoms with E-state index < -0.39 is 0 Å². The average Bonchev–Trinajstić information content (AvgIpc) is 3.28. The molecule has 2 aromatic carbocycles. The first-order valence-corrected chi connectivity index (χ1v) is 9.84. The van der Waals surface area contributed by atoms with Crippen LogP contribution in [0.4, 0.5) is 0 Å².